The highest BCUT2D eigenvalue weighted by Gasteiger charge is 2.25. The summed E-state index contributed by atoms with van der Waals surface area (Å²) in [6.07, 6.45) is 3.76. The Kier molecular flexibility index (Phi) is 8.07. The average molecular weight is 452 g/mol. The van der Waals surface area contributed by atoms with Crippen molar-refractivity contribution in [2.75, 3.05) is 21.3 Å². The third-order valence-corrected chi connectivity index (χ3v) is 5.30. The summed E-state index contributed by atoms with van der Waals surface area (Å²) in [5, 5.41) is 2.86. The van der Waals surface area contributed by atoms with Crippen molar-refractivity contribution in [3.63, 3.8) is 0 Å². The van der Waals surface area contributed by atoms with Gasteiger partial charge in [-0.05, 0) is 48.6 Å². The first-order valence-corrected chi connectivity index (χ1v) is 10.6. The molecule has 0 heterocycles. The molecule has 0 saturated heterocycles. The van der Waals surface area contributed by atoms with Gasteiger partial charge in [-0.1, -0.05) is 24.3 Å². The molecule has 3 rings (SSSR count). The second-order valence-corrected chi connectivity index (χ2v) is 7.64. The number of aliphatic imine (C=N–C) groups is 1. The maximum atomic E-state index is 12.6. The molecular weight excluding hydrogens is 422 g/mol. The molecule has 0 bridgehead atoms. The highest BCUT2D eigenvalue weighted by Crippen LogP contribution is 2.34. The highest BCUT2D eigenvalue weighted by molar-refractivity contribution is 6.43. The van der Waals surface area contributed by atoms with Crippen LogP contribution in [0.25, 0.3) is 0 Å². The van der Waals surface area contributed by atoms with Crippen molar-refractivity contribution in [1.82, 2.24) is 5.32 Å². The maximum Gasteiger partial charge on any atom is 0.337 e. The molecule has 1 saturated carbocycles. The van der Waals surface area contributed by atoms with Gasteiger partial charge in [0.25, 0.3) is 5.91 Å². The number of methoxy groups -OCH3 is 2. The van der Waals surface area contributed by atoms with E-state index in [1.54, 1.807) is 50.6 Å². The molecule has 33 heavy (non-hydrogen) atoms. The lowest BCUT2D eigenvalue weighted by Crippen LogP contribution is -2.30. The fraction of sp³-hybridized carbons (Fsp3) is 0.320. The zero-order valence-electron chi connectivity index (χ0n) is 19.1. The normalized spacial score (nSPS) is 13.9. The number of nitrogens with two attached hydrogens (primary N) is 1. The number of hydrogen-bond donors (Lipinski definition) is 2. The van der Waals surface area contributed by atoms with Crippen molar-refractivity contribution >= 4 is 17.6 Å². The number of benzene rings is 2. The van der Waals surface area contributed by atoms with Crippen LogP contribution in [0.2, 0.25) is 0 Å². The molecule has 0 aromatic heterocycles. The fourth-order valence-electron chi connectivity index (χ4n) is 3.25. The molecule has 1 aliphatic carbocycles. The third kappa shape index (κ3) is 6.35. The lowest BCUT2D eigenvalue weighted by molar-refractivity contribution is -0.114. The number of carbonyl (C=O) groups excluding carboxylic acids is 2. The number of nitrogens with zero attached hydrogens (tertiary/aromatic N) is 1. The molecule has 174 valence electrons. The van der Waals surface area contributed by atoms with Gasteiger partial charge in [-0.25, -0.2) is 4.79 Å². The predicted octanol–water partition coefficient (Wildman–Crippen LogP) is 3.00. The van der Waals surface area contributed by atoms with E-state index in [0.29, 0.717) is 34.4 Å². The third-order valence-electron chi connectivity index (χ3n) is 5.30. The fourth-order valence-corrected chi connectivity index (χ4v) is 3.25. The Morgan fingerprint density at radius 1 is 1.15 bits per heavy atom. The molecule has 8 heteroatoms. The second kappa shape index (κ2) is 11.2. The van der Waals surface area contributed by atoms with E-state index in [4.69, 9.17) is 19.9 Å². The Morgan fingerprint density at radius 3 is 2.48 bits per heavy atom. The SMILES string of the molecule is CN=C(/C=C(\N)C1CC1)C(=O)NCc1cccc(OCc2ccc(C(=O)OC)cc2)c1OC. The number of hydrogen-bond acceptors (Lipinski definition) is 7. The Balaban J connectivity index is 1.64. The van der Waals surface area contributed by atoms with E-state index in [2.05, 4.69) is 10.3 Å². The largest absolute Gasteiger partial charge is 0.493 e. The van der Waals surface area contributed by atoms with Crippen molar-refractivity contribution in [2.24, 2.45) is 16.6 Å². The average Bonchev–Trinajstić information content (AvgIpc) is 3.69. The number of allylic oxidation sites excluding steroid dienone is 1. The van der Waals surface area contributed by atoms with Crippen LogP contribution in [0.3, 0.4) is 0 Å². The van der Waals surface area contributed by atoms with Crippen LogP contribution in [-0.2, 0) is 22.7 Å². The van der Waals surface area contributed by atoms with Crippen LogP contribution in [-0.4, -0.2) is 38.9 Å². The van der Waals surface area contributed by atoms with Gasteiger partial charge in [0.1, 0.15) is 12.3 Å². The van der Waals surface area contributed by atoms with Gasteiger partial charge in [-0.3, -0.25) is 9.79 Å². The van der Waals surface area contributed by atoms with Gasteiger partial charge in [-0.15, -0.1) is 0 Å². The van der Waals surface area contributed by atoms with Crippen LogP contribution in [0.15, 0.2) is 59.2 Å². The van der Waals surface area contributed by atoms with E-state index in [9.17, 15) is 9.59 Å². The van der Waals surface area contributed by atoms with Crippen LogP contribution >= 0.6 is 0 Å². The molecule has 1 fully saturated rings. The Hall–Kier alpha value is -3.81. The summed E-state index contributed by atoms with van der Waals surface area (Å²) >= 11 is 0. The Morgan fingerprint density at radius 2 is 1.88 bits per heavy atom. The molecule has 0 radical (unpaired) electrons. The highest BCUT2D eigenvalue weighted by atomic mass is 16.5. The number of para-hydroxylation sites is 1. The van der Waals surface area contributed by atoms with Crippen LogP contribution in [0.5, 0.6) is 11.5 Å². The van der Waals surface area contributed by atoms with Gasteiger partial charge >= 0.3 is 5.97 Å². The van der Waals surface area contributed by atoms with Gasteiger partial charge in [-0.2, -0.15) is 0 Å². The zero-order chi connectivity index (χ0) is 23.8. The summed E-state index contributed by atoms with van der Waals surface area (Å²) in [4.78, 5) is 28.2. The smallest absolute Gasteiger partial charge is 0.337 e. The Bertz CT molecular complexity index is 1060. The minimum atomic E-state index is -0.388. The van der Waals surface area contributed by atoms with Crippen molar-refractivity contribution in [1.29, 1.82) is 0 Å². The zero-order valence-corrected chi connectivity index (χ0v) is 19.1. The minimum Gasteiger partial charge on any atom is -0.493 e. The van der Waals surface area contributed by atoms with Crippen molar-refractivity contribution in [3.8, 4) is 11.5 Å². The maximum absolute atomic E-state index is 12.6. The number of amides is 1. The standard InChI is InChI=1S/C25H29N3O5/c1-27-21(13-20(26)17-11-12-17)24(29)28-14-19-5-4-6-22(23(19)31-2)33-15-16-7-9-18(10-8-16)25(30)32-3/h4-10,13,17H,11-12,14-15,26H2,1-3H3,(H,28,29)/b20-13-,27-21?. The lowest BCUT2D eigenvalue weighted by atomic mass is 10.1. The van der Waals surface area contributed by atoms with E-state index < -0.39 is 0 Å². The topological polar surface area (TPSA) is 112 Å². The Labute approximate surface area is 193 Å². The van der Waals surface area contributed by atoms with Crippen LogP contribution in [0, 0.1) is 5.92 Å². The van der Waals surface area contributed by atoms with E-state index >= 15 is 0 Å². The van der Waals surface area contributed by atoms with E-state index in [1.807, 2.05) is 12.1 Å². The van der Waals surface area contributed by atoms with Gasteiger partial charge in [0, 0.05) is 24.9 Å². The summed E-state index contributed by atoms with van der Waals surface area (Å²) < 4.78 is 16.2. The molecule has 0 unspecified atom stereocenters. The van der Waals surface area contributed by atoms with E-state index in [0.717, 1.165) is 24.0 Å². The molecule has 0 aliphatic heterocycles. The lowest BCUT2D eigenvalue weighted by Gasteiger charge is -2.15. The molecule has 0 spiro atoms. The molecule has 2 aromatic rings. The number of nitrogens with one attached hydrogen (secondary N) is 1. The first-order chi connectivity index (χ1) is 16.0. The summed E-state index contributed by atoms with van der Waals surface area (Å²) in [5.74, 6) is 0.747. The summed E-state index contributed by atoms with van der Waals surface area (Å²) in [6.45, 7) is 0.523. The van der Waals surface area contributed by atoms with Gasteiger partial charge < -0.3 is 25.3 Å². The number of rotatable bonds is 10. The van der Waals surface area contributed by atoms with Crippen LogP contribution in [0.1, 0.15) is 34.3 Å². The quantitative estimate of drug-likeness (QED) is 0.424. The molecule has 1 amide bonds. The van der Waals surface area contributed by atoms with Gasteiger partial charge in [0.05, 0.1) is 19.8 Å². The molecule has 3 N–H and O–H groups in total. The minimum absolute atomic E-state index is 0.239. The number of esters is 1. The van der Waals surface area contributed by atoms with Crippen molar-refractivity contribution < 1.29 is 23.8 Å². The molecule has 8 nitrogen and oxygen atoms in total. The van der Waals surface area contributed by atoms with Gasteiger partial charge in [0.15, 0.2) is 11.5 Å². The molecule has 0 atom stereocenters. The van der Waals surface area contributed by atoms with Crippen molar-refractivity contribution in [2.45, 2.75) is 26.0 Å². The summed E-state index contributed by atoms with van der Waals surface area (Å²) in [5.41, 5.74) is 9.12. The second-order valence-electron chi connectivity index (χ2n) is 7.64. The number of carbonyl (C=O) groups is 2. The molecule has 2 aromatic carbocycles. The molecule has 1 aliphatic rings. The van der Waals surface area contributed by atoms with Crippen LogP contribution in [0.4, 0.5) is 0 Å². The summed E-state index contributed by atoms with van der Waals surface area (Å²) in [7, 11) is 4.46. The first-order valence-electron chi connectivity index (χ1n) is 10.6. The predicted molar refractivity (Wildman–Crippen MR) is 125 cm³/mol. The molecular formula is C25H29N3O5. The summed E-state index contributed by atoms with van der Waals surface area (Å²) in [6, 6.07) is 12.5. The monoisotopic (exact) mass is 451 g/mol. The number of ether oxygens (including phenoxy) is 3. The van der Waals surface area contributed by atoms with E-state index in [1.165, 1.54) is 7.11 Å². The first kappa shape index (κ1) is 23.8. The van der Waals surface area contributed by atoms with E-state index in [-0.39, 0.29) is 25.0 Å². The van der Waals surface area contributed by atoms with Crippen molar-refractivity contribution in [3.05, 3.63) is 70.9 Å². The van der Waals surface area contributed by atoms with Gasteiger partial charge in [0.2, 0.25) is 0 Å². The van der Waals surface area contributed by atoms with Crippen LogP contribution < -0.4 is 20.5 Å².